The minimum absolute atomic E-state index is 0.172. The third-order valence-electron chi connectivity index (χ3n) is 5.42. The van der Waals surface area contributed by atoms with Crippen molar-refractivity contribution >= 4 is 11.6 Å². The lowest BCUT2D eigenvalue weighted by Gasteiger charge is -2.24. The van der Waals surface area contributed by atoms with Crippen LogP contribution in [0.3, 0.4) is 0 Å². The highest BCUT2D eigenvalue weighted by Gasteiger charge is 2.32. The molecule has 3 rings (SSSR count). The van der Waals surface area contributed by atoms with Gasteiger partial charge in [0.15, 0.2) is 11.6 Å². The first-order valence-corrected chi connectivity index (χ1v) is 8.76. The first kappa shape index (κ1) is 14.7. The Morgan fingerprint density at radius 3 is 1.43 bits per heavy atom. The molecule has 0 spiro atoms. The third kappa shape index (κ3) is 3.20. The topological polar surface area (TPSA) is 34.1 Å². The molecule has 2 heteroatoms. The summed E-state index contributed by atoms with van der Waals surface area (Å²) in [6.45, 7) is 0. The molecule has 3 aliphatic rings. The monoisotopic (exact) mass is 286 g/mol. The van der Waals surface area contributed by atoms with Crippen molar-refractivity contribution in [1.82, 2.24) is 0 Å². The van der Waals surface area contributed by atoms with Crippen LogP contribution in [-0.2, 0) is 9.59 Å². The van der Waals surface area contributed by atoms with Crippen molar-refractivity contribution in [3.8, 4) is 0 Å². The van der Waals surface area contributed by atoms with Crippen LogP contribution in [0.25, 0.3) is 0 Å². The van der Waals surface area contributed by atoms with Crippen molar-refractivity contribution in [3.05, 3.63) is 23.3 Å². The number of Topliss-reactive ketones (excluding diaryl/α,β-unsaturated/α-hetero) is 2. The Bertz CT molecular complexity index is 428. The second-order valence-electron chi connectivity index (χ2n) is 6.87. The van der Waals surface area contributed by atoms with E-state index in [0.717, 1.165) is 43.3 Å². The van der Waals surface area contributed by atoms with Crippen molar-refractivity contribution in [2.45, 2.75) is 70.6 Å². The molecule has 0 aromatic rings. The predicted octanol–water partition coefficient (Wildman–Crippen LogP) is 4.54. The number of hydrogen-bond donors (Lipinski definition) is 0. The summed E-state index contributed by atoms with van der Waals surface area (Å²) in [5.41, 5.74) is 1.52. The zero-order chi connectivity index (χ0) is 14.7. The molecule has 0 amide bonds. The van der Waals surface area contributed by atoms with E-state index >= 15 is 0 Å². The lowest BCUT2D eigenvalue weighted by Crippen LogP contribution is -2.25. The van der Waals surface area contributed by atoms with Gasteiger partial charge in [-0.05, 0) is 32.1 Å². The fraction of sp³-hybridized carbons (Fsp3) is 0.684. The second-order valence-corrected chi connectivity index (χ2v) is 6.87. The molecule has 0 atom stereocenters. The Kier molecular flexibility index (Phi) is 4.72. The molecule has 0 unspecified atom stereocenters. The highest BCUT2D eigenvalue weighted by molar-refractivity contribution is 6.14. The van der Waals surface area contributed by atoms with Crippen molar-refractivity contribution in [2.24, 2.45) is 11.8 Å². The van der Waals surface area contributed by atoms with Crippen LogP contribution in [0, 0.1) is 11.8 Å². The molecule has 0 heterocycles. The van der Waals surface area contributed by atoms with E-state index in [4.69, 9.17) is 0 Å². The summed E-state index contributed by atoms with van der Waals surface area (Å²) in [4.78, 5) is 25.5. The summed E-state index contributed by atoms with van der Waals surface area (Å²) >= 11 is 0. The summed E-state index contributed by atoms with van der Waals surface area (Å²) in [6.07, 6.45) is 16.0. The molecular formula is C19H26O2. The molecule has 0 aromatic carbocycles. The van der Waals surface area contributed by atoms with E-state index in [1.165, 1.54) is 38.5 Å². The Hall–Kier alpha value is -1.18. The zero-order valence-corrected chi connectivity index (χ0v) is 12.9. The average Bonchev–Trinajstić information content (AvgIpc) is 3.04. The van der Waals surface area contributed by atoms with Crippen molar-refractivity contribution in [2.75, 3.05) is 0 Å². The van der Waals surface area contributed by atoms with Crippen LogP contribution in [0.5, 0.6) is 0 Å². The minimum Gasteiger partial charge on any atom is -0.294 e. The van der Waals surface area contributed by atoms with Gasteiger partial charge in [0.25, 0.3) is 0 Å². The van der Waals surface area contributed by atoms with Gasteiger partial charge in [-0.3, -0.25) is 9.59 Å². The molecular weight excluding hydrogens is 260 g/mol. The number of carbonyl (C=O) groups is 2. The number of allylic oxidation sites excluding steroid dienone is 4. The molecule has 0 aliphatic heterocycles. The third-order valence-corrected chi connectivity index (χ3v) is 5.42. The fourth-order valence-electron chi connectivity index (χ4n) is 4.15. The largest absolute Gasteiger partial charge is 0.294 e. The molecule has 114 valence electrons. The van der Waals surface area contributed by atoms with Gasteiger partial charge in [-0.2, -0.15) is 0 Å². The van der Waals surface area contributed by atoms with Gasteiger partial charge in [-0.1, -0.05) is 50.7 Å². The van der Waals surface area contributed by atoms with Crippen LogP contribution in [0.1, 0.15) is 70.6 Å². The van der Waals surface area contributed by atoms with Gasteiger partial charge in [0.2, 0.25) is 0 Å². The van der Waals surface area contributed by atoms with Crippen LogP contribution in [0.2, 0.25) is 0 Å². The maximum atomic E-state index is 12.7. The van der Waals surface area contributed by atoms with Crippen molar-refractivity contribution < 1.29 is 9.59 Å². The van der Waals surface area contributed by atoms with Crippen LogP contribution < -0.4 is 0 Å². The number of carbonyl (C=O) groups excluding carboxylic acids is 2. The van der Waals surface area contributed by atoms with Crippen LogP contribution >= 0.6 is 0 Å². The van der Waals surface area contributed by atoms with E-state index < -0.39 is 0 Å². The Morgan fingerprint density at radius 2 is 1.05 bits per heavy atom. The SMILES string of the molecule is O=C(C1=CCC=C1C(=O)C1CCCCC1)C1CCCCC1. The molecule has 2 saturated carbocycles. The smallest absolute Gasteiger partial charge is 0.166 e. The van der Waals surface area contributed by atoms with Crippen LogP contribution in [-0.4, -0.2) is 11.6 Å². The van der Waals surface area contributed by atoms with Gasteiger partial charge >= 0.3 is 0 Å². The molecule has 2 nitrogen and oxygen atoms in total. The van der Waals surface area contributed by atoms with Crippen molar-refractivity contribution in [1.29, 1.82) is 0 Å². The quantitative estimate of drug-likeness (QED) is 0.760. The summed E-state index contributed by atoms with van der Waals surface area (Å²) < 4.78 is 0. The summed E-state index contributed by atoms with van der Waals surface area (Å²) in [5.74, 6) is 0.849. The maximum absolute atomic E-state index is 12.7. The van der Waals surface area contributed by atoms with Gasteiger partial charge in [0.1, 0.15) is 0 Å². The lowest BCUT2D eigenvalue weighted by molar-refractivity contribution is -0.122. The second kappa shape index (κ2) is 6.72. The van der Waals surface area contributed by atoms with E-state index in [0.29, 0.717) is 0 Å². The van der Waals surface area contributed by atoms with Gasteiger partial charge in [0.05, 0.1) is 0 Å². The summed E-state index contributed by atoms with van der Waals surface area (Å²) in [6, 6.07) is 0. The fourth-order valence-corrected chi connectivity index (χ4v) is 4.15. The Morgan fingerprint density at radius 1 is 0.667 bits per heavy atom. The Labute approximate surface area is 127 Å². The van der Waals surface area contributed by atoms with Gasteiger partial charge < -0.3 is 0 Å². The number of rotatable bonds is 4. The summed E-state index contributed by atoms with van der Waals surface area (Å²) in [5, 5.41) is 0. The normalized spacial score (nSPS) is 24.6. The van der Waals surface area contributed by atoms with E-state index in [-0.39, 0.29) is 23.4 Å². The van der Waals surface area contributed by atoms with Gasteiger partial charge in [-0.25, -0.2) is 0 Å². The van der Waals surface area contributed by atoms with Gasteiger partial charge in [-0.15, -0.1) is 0 Å². The van der Waals surface area contributed by atoms with Crippen LogP contribution in [0.4, 0.5) is 0 Å². The van der Waals surface area contributed by atoms with E-state index in [1.807, 2.05) is 12.2 Å². The molecule has 3 aliphatic carbocycles. The molecule has 0 N–H and O–H groups in total. The highest BCUT2D eigenvalue weighted by atomic mass is 16.1. The lowest BCUT2D eigenvalue weighted by atomic mass is 9.79. The standard InChI is InChI=1S/C19H26O2/c20-18(14-8-3-1-4-9-14)16-12-7-13-17(16)19(21)15-10-5-2-6-11-15/h12-15H,1-11H2. The highest BCUT2D eigenvalue weighted by Crippen LogP contribution is 2.34. The molecule has 21 heavy (non-hydrogen) atoms. The average molecular weight is 286 g/mol. The van der Waals surface area contributed by atoms with Crippen LogP contribution in [0.15, 0.2) is 23.3 Å². The number of hydrogen-bond acceptors (Lipinski definition) is 2. The molecule has 0 aromatic heterocycles. The van der Waals surface area contributed by atoms with E-state index in [2.05, 4.69) is 0 Å². The first-order valence-electron chi connectivity index (χ1n) is 8.76. The Balaban J connectivity index is 1.69. The first-order chi connectivity index (χ1) is 10.3. The summed E-state index contributed by atoms with van der Waals surface area (Å²) in [7, 11) is 0. The molecule has 2 fully saturated rings. The molecule has 0 bridgehead atoms. The number of ketones is 2. The molecule has 0 saturated heterocycles. The van der Waals surface area contributed by atoms with Gasteiger partial charge in [0, 0.05) is 23.0 Å². The van der Waals surface area contributed by atoms with Crippen molar-refractivity contribution in [3.63, 3.8) is 0 Å². The van der Waals surface area contributed by atoms with E-state index in [1.54, 1.807) is 0 Å². The predicted molar refractivity (Wildman–Crippen MR) is 83.9 cm³/mol. The van der Waals surface area contributed by atoms with E-state index in [9.17, 15) is 9.59 Å². The minimum atomic E-state index is 0.172. The zero-order valence-electron chi connectivity index (χ0n) is 12.9. The maximum Gasteiger partial charge on any atom is 0.166 e. The molecule has 0 radical (unpaired) electrons.